The van der Waals surface area contributed by atoms with Gasteiger partial charge in [-0.25, -0.2) is 0 Å². The minimum absolute atomic E-state index is 0.288. The van der Waals surface area contributed by atoms with Crippen LogP contribution in [0.2, 0.25) is 0 Å². The topological polar surface area (TPSA) is 26.3 Å². The van der Waals surface area contributed by atoms with Gasteiger partial charge in [0.25, 0.3) is 0 Å². The summed E-state index contributed by atoms with van der Waals surface area (Å²) in [6, 6.07) is 20.4. The Bertz CT molecular complexity index is 577. The van der Waals surface area contributed by atoms with Gasteiger partial charge in [-0.2, -0.15) is 0 Å². The van der Waals surface area contributed by atoms with Crippen LogP contribution in [0.3, 0.4) is 0 Å². The first-order valence-electron chi connectivity index (χ1n) is 7.04. The lowest BCUT2D eigenvalue weighted by atomic mass is 9.81. The second-order valence-corrected chi connectivity index (χ2v) is 5.34. The maximum Gasteiger partial charge on any atom is 0.138 e. The predicted octanol–water partition coefficient (Wildman–Crippen LogP) is 3.50. The lowest BCUT2D eigenvalue weighted by molar-refractivity contribution is -0.141. The van der Waals surface area contributed by atoms with E-state index in [2.05, 4.69) is 24.3 Å². The molecule has 1 aliphatic heterocycles. The third kappa shape index (κ3) is 2.66. The van der Waals surface area contributed by atoms with Crippen molar-refractivity contribution >= 4 is 5.78 Å². The third-order valence-corrected chi connectivity index (χ3v) is 3.87. The van der Waals surface area contributed by atoms with Crippen molar-refractivity contribution in [2.24, 2.45) is 0 Å². The quantitative estimate of drug-likeness (QED) is 0.850. The number of carbonyl (C=O) groups is 1. The van der Waals surface area contributed by atoms with Crippen molar-refractivity contribution in [3.63, 3.8) is 0 Å². The maximum atomic E-state index is 12.0. The van der Waals surface area contributed by atoms with Crippen molar-refractivity contribution in [3.05, 3.63) is 71.8 Å². The molecule has 102 valence electrons. The molecule has 2 heteroatoms. The van der Waals surface area contributed by atoms with Gasteiger partial charge in [-0.05, 0) is 11.1 Å². The Balaban J connectivity index is 1.97. The molecule has 20 heavy (non-hydrogen) atoms. The van der Waals surface area contributed by atoms with Crippen LogP contribution in [0.25, 0.3) is 0 Å². The van der Waals surface area contributed by atoms with Crippen molar-refractivity contribution < 1.29 is 9.53 Å². The molecule has 0 spiro atoms. The van der Waals surface area contributed by atoms with Gasteiger partial charge in [0.1, 0.15) is 11.4 Å². The van der Waals surface area contributed by atoms with Gasteiger partial charge in [0.05, 0.1) is 6.61 Å². The molecule has 2 nitrogen and oxygen atoms in total. The van der Waals surface area contributed by atoms with Crippen LogP contribution in [0, 0.1) is 0 Å². The molecule has 1 saturated heterocycles. The molecule has 2 aromatic rings. The second-order valence-electron chi connectivity index (χ2n) is 5.34. The van der Waals surface area contributed by atoms with Crippen LogP contribution < -0.4 is 0 Å². The highest BCUT2D eigenvalue weighted by Gasteiger charge is 2.38. The highest BCUT2D eigenvalue weighted by atomic mass is 16.5. The summed E-state index contributed by atoms with van der Waals surface area (Å²) in [7, 11) is 0. The number of carbonyl (C=O) groups excluding carboxylic acids is 1. The highest BCUT2D eigenvalue weighted by molar-refractivity contribution is 5.80. The van der Waals surface area contributed by atoms with E-state index in [0.29, 0.717) is 19.4 Å². The smallest absolute Gasteiger partial charge is 0.138 e. The summed E-state index contributed by atoms with van der Waals surface area (Å²) in [6.07, 6.45) is 1.73. The summed E-state index contributed by atoms with van der Waals surface area (Å²) in [5.74, 6) is 0.288. The van der Waals surface area contributed by atoms with E-state index in [1.165, 1.54) is 5.56 Å². The fourth-order valence-corrected chi connectivity index (χ4v) is 2.89. The number of ketones is 1. The first-order valence-corrected chi connectivity index (χ1v) is 7.04. The SMILES string of the molecule is O=C1CCOC(Cc2ccccc2)(c2ccccc2)C1. The molecule has 0 aromatic heterocycles. The summed E-state index contributed by atoms with van der Waals surface area (Å²) >= 11 is 0. The Kier molecular flexibility index (Phi) is 3.66. The van der Waals surface area contributed by atoms with Crippen LogP contribution in [0.15, 0.2) is 60.7 Å². The van der Waals surface area contributed by atoms with E-state index in [1.807, 2.05) is 36.4 Å². The molecular weight excluding hydrogens is 248 g/mol. The van der Waals surface area contributed by atoms with E-state index in [1.54, 1.807) is 0 Å². The molecule has 1 aliphatic rings. The highest BCUT2D eigenvalue weighted by Crippen LogP contribution is 2.36. The van der Waals surface area contributed by atoms with Crippen molar-refractivity contribution in [2.75, 3.05) is 6.61 Å². The molecule has 1 unspecified atom stereocenters. The number of hydrogen-bond acceptors (Lipinski definition) is 2. The van der Waals surface area contributed by atoms with E-state index in [-0.39, 0.29) is 5.78 Å². The average molecular weight is 266 g/mol. The molecule has 1 atom stereocenters. The standard InChI is InChI=1S/C18H18O2/c19-17-11-12-20-18(14-17,16-9-5-2-6-10-16)13-15-7-3-1-4-8-15/h1-10H,11-14H2. The van der Waals surface area contributed by atoms with Crippen molar-refractivity contribution in [1.82, 2.24) is 0 Å². The van der Waals surface area contributed by atoms with E-state index in [4.69, 9.17) is 4.74 Å². The summed E-state index contributed by atoms with van der Waals surface area (Å²) in [6.45, 7) is 0.514. The zero-order valence-corrected chi connectivity index (χ0v) is 11.4. The number of benzene rings is 2. The molecule has 0 radical (unpaired) electrons. The predicted molar refractivity (Wildman–Crippen MR) is 78.5 cm³/mol. The zero-order valence-electron chi connectivity index (χ0n) is 11.4. The lowest BCUT2D eigenvalue weighted by Gasteiger charge is -2.37. The zero-order chi connectivity index (χ0) is 13.8. The Morgan fingerprint density at radius 2 is 1.60 bits per heavy atom. The van der Waals surface area contributed by atoms with Crippen LogP contribution in [0.1, 0.15) is 24.0 Å². The molecule has 0 saturated carbocycles. The first-order chi connectivity index (χ1) is 9.78. The van der Waals surface area contributed by atoms with E-state index < -0.39 is 5.60 Å². The lowest BCUT2D eigenvalue weighted by Crippen LogP contribution is -2.39. The minimum Gasteiger partial charge on any atom is -0.369 e. The molecule has 0 bridgehead atoms. The normalized spacial score (nSPS) is 22.7. The van der Waals surface area contributed by atoms with Crippen LogP contribution >= 0.6 is 0 Å². The van der Waals surface area contributed by atoms with E-state index in [9.17, 15) is 4.79 Å². The van der Waals surface area contributed by atoms with Gasteiger partial charge in [0.15, 0.2) is 0 Å². The van der Waals surface area contributed by atoms with Gasteiger partial charge < -0.3 is 4.74 Å². The largest absolute Gasteiger partial charge is 0.369 e. The van der Waals surface area contributed by atoms with Crippen LogP contribution in [0.5, 0.6) is 0 Å². The summed E-state index contributed by atoms with van der Waals surface area (Å²) in [5.41, 5.74) is 1.79. The Morgan fingerprint density at radius 3 is 2.25 bits per heavy atom. The number of Topliss-reactive ketones (excluding diaryl/α,β-unsaturated/α-hetero) is 1. The Hall–Kier alpha value is -1.93. The van der Waals surface area contributed by atoms with Gasteiger partial charge >= 0.3 is 0 Å². The van der Waals surface area contributed by atoms with Crippen LogP contribution in [0.4, 0.5) is 0 Å². The molecule has 3 rings (SSSR count). The minimum atomic E-state index is -0.502. The third-order valence-electron chi connectivity index (χ3n) is 3.87. The van der Waals surface area contributed by atoms with Crippen molar-refractivity contribution in [3.8, 4) is 0 Å². The first kappa shape index (κ1) is 13.1. The van der Waals surface area contributed by atoms with Gasteiger partial charge in [-0.3, -0.25) is 4.79 Å². The van der Waals surface area contributed by atoms with E-state index in [0.717, 1.165) is 12.0 Å². The number of hydrogen-bond donors (Lipinski definition) is 0. The fourth-order valence-electron chi connectivity index (χ4n) is 2.89. The Morgan fingerprint density at radius 1 is 0.950 bits per heavy atom. The van der Waals surface area contributed by atoms with Crippen LogP contribution in [-0.4, -0.2) is 12.4 Å². The van der Waals surface area contributed by atoms with Gasteiger partial charge in [-0.15, -0.1) is 0 Å². The summed E-state index contributed by atoms with van der Waals surface area (Å²) < 4.78 is 6.11. The maximum absolute atomic E-state index is 12.0. The molecule has 2 aromatic carbocycles. The molecule has 0 N–H and O–H groups in total. The second kappa shape index (κ2) is 5.59. The van der Waals surface area contributed by atoms with Gasteiger partial charge in [0.2, 0.25) is 0 Å². The van der Waals surface area contributed by atoms with Crippen molar-refractivity contribution in [1.29, 1.82) is 0 Å². The van der Waals surface area contributed by atoms with Crippen LogP contribution in [-0.2, 0) is 21.6 Å². The molecule has 0 amide bonds. The Labute approximate surface area is 119 Å². The molecule has 1 heterocycles. The summed E-state index contributed by atoms with van der Waals surface area (Å²) in [4.78, 5) is 12.0. The number of rotatable bonds is 3. The molecular formula is C18H18O2. The van der Waals surface area contributed by atoms with Crippen molar-refractivity contribution in [2.45, 2.75) is 24.9 Å². The van der Waals surface area contributed by atoms with Gasteiger partial charge in [0, 0.05) is 19.3 Å². The summed E-state index contributed by atoms with van der Waals surface area (Å²) in [5, 5.41) is 0. The average Bonchev–Trinajstić information content (AvgIpc) is 2.49. The van der Waals surface area contributed by atoms with E-state index >= 15 is 0 Å². The molecule has 1 fully saturated rings. The monoisotopic (exact) mass is 266 g/mol. The van der Waals surface area contributed by atoms with Gasteiger partial charge in [-0.1, -0.05) is 60.7 Å². The fraction of sp³-hybridized carbons (Fsp3) is 0.278. The number of ether oxygens (including phenoxy) is 1. The molecule has 0 aliphatic carbocycles.